The number of rotatable bonds is 6. The highest BCUT2D eigenvalue weighted by molar-refractivity contribution is 6.04. The molecule has 9 nitrogen and oxygen atoms in total. The first kappa shape index (κ1) is 23.2. The first-order valence-corrected chi connectivity index (χ1v) is 10.0. The first-order chi connectivity index (χ1) is 16.3. The highest BCUT2D eigenvalue weighted by Gasteiger charge is 2.31. The third-order valence-electron chi connectivity index (χ3n) is 4.66. The van der Waals surface area contributed by atoms with Gasteiger partial charge in [0.05, 0.1) is 30.8 Å². The summed E-state index contributed by atoms with van der Waals surface area (Å²) in [6.45, 7) is 1.97. The van der Waals surface area contributed by atoms with Crippen LogP contribution in [0.5, 0.6) is 5.75 Å². The molecule has 1 aliphatic rings. The van der Waals surface area contributed by atoms with Crippen LogP contribution < -0.4 is 20.3 Å². The Labute approximate surface area is 190 Å². The summed E-state index contributed by atoms with van der Waals surface area (Å²) in [7, 11) is 0. The van der Waals surface area contributed by atoms with Crippen LogP contribution in [0.15, 0.2) is 48.8 Å². The molecule has 1 saturated heterocycles. The lowest BCUT2D eigenvalue weighted by Crippen LogP contribution is -2.37. The number of anilines is 4. The molecule has 4 rings (SSSR count). The number of morpholine rings is 1. The molecule has 3 heterocycles. The summed E-state index contributed by atoms with van der Waals surface area (Å²) < 4.78 is 60.3. The molecule has 1 aromatic carbocycles. The van der Waals surface area contributed by atoms with Crippen molar-refractivity contribution in [2.75, 3.05) is 41.8 Å². The molecule has 2 N–H and O–H groups in total. The number of benzene rings is 1. The van der Waals surface area contributed by atoms with Gasteiger partial charge in [0.15, 0.2) is 0 Å². The molecule has 0 radical (unpaired) electrons. The smallest absolute Gasteiger partial charge is 0.406 e. The van der Waals surface area contributed by atoms with Crippen molar-refractivity contribution >= 4 is 28.9 Å². The average molecular weight is 478 g/mol. The summed E-state index contributed by atoms with van der Waals surface area (Å²) in [6, 6.07) is 7.68. The highest BCUT2D eigenvalue weighted by Crippen LogP contribution is 2.28. The molecule has 1 aliphatic heterocycles. The van der Waals surface area contributed by atoms with E-state index in [2.05, 4.69) is 30.3 Å². The van der Waals surface area contributed by atoms with Gasteiger partial charge in [0, 0.05) is 37.1 Å². The Bertz CT molecular complexity index is 1170. The van der Waals surface area contributed by atoms with Gasteiger partial charge in [-0.2, -0.15) is 4.39 Å². The van der Waals surface area contributed by atoms with E-state index in [0.29, 0.717) is 37.7 Å². The molecule has 0 bridgehead atoms. The molecule has 13 heteroatoms. The zero-order valence-electron chi connectivity index (χ0n) is 17.5. The van der Waals surface area contributed by atoms with Crippen molar-refractivity contribution < 1.29 is 31.8 Å². The van der Waals surface area contributed by atoms with E-state index in [9.17, 15) is 22.4 Å². The van der Waals surface area contributed by atoms with E-state index >= 15 is 0 Å². The van der Waals surface area contributed by atoms with Gasteiger partial charge in [-0.3, -0.25) is 4.79 Å². The summed E-state index contributed by atoms with van der Waals surface area (Å²) in [6.07, 6.45) is -2.31. The van der Waals surface area contributed by atoms with Gasteiger partial charge in [-0.25, -0.2) is 15.0 Å². The van der Waals surface area contributed by atoms with Crippen LogP contribution >= 0.6 is 0 Å². The van der Waals surface area contributed by atoms with Crippen LogP contribution in [0, 0.1) is 5.95 Å². The maximum Gasteiger partial charge on any atom is 0.573 e. The Morgan fingerprint density at radius 3 is 2.68 bits per heavy atom. The topological polar surface area (TPSA) is 102 Å². The van der Waals surface area contributed by atoms with E-state index in [-0.39, 0.29) is 17.3 Å². The van der Waals surface area contributed by atoms with Crippen LogP contribution in [0.4, 0.5) is 40.6 Å². The normalized spacial score (nSPS) is 13.9. The Morgan fingerprint density at radius 1 is 1.12 bits per heavy atom. The minimum Gasteiger partial charge on any atom is -0.406 e. The number of carbonyl (C=O) groups is 1. The van der Waals surface area contributed by atoms with Crippen LogP contribution in [0.25, 0.3) is 0 Å². The van der Waals surface area contributed by atoms with E-state index in [0.717, 1.165) is 12.1 Å². The van der Waals surface area contributed by atoms with Crippen LogP contribution in [0.1, 0.15) is 10.5 Å². The fourth-order valence-corrected chi connectivity index (χ4v) is 3.21. The number of alkyl halides is 3. The number of hydrogen-bond acceptors (Lipinski definition) is 8. The average Bonchev–Trinajstić information content (AvgIpc) is 2.80. The zero-order chi connectivity index (χ0) is 24.1. The predicted molar refractivity (Wildman–Crippen MR) is 114 cm³/mol. The van der Waals surface area contributed by atoms with Gasteiger partial charge in [0.1, 0.15) is 11.4 Å². The number of hydrogen-bond donors (Lipinski definition) is 2. The minimum absolute atomic E-state index is 0.0255. The number of amides is 1. The Kier molecular flexibility index (Phi) is 6.72. The molecule has 0 unspecified atom stereocenters. The summed E-state index contributed by atoms with van der Waals surface area (Å²) in [5, 5.41) is 5.39. The van der Waals surface area contributed by atoms with Crippen molar-refractivity contribution in [1.82, 2.24) is 15.0 Å². The fourth-order valence-electron chi connectivity index (χ4n) is 3.21. The first-order valence-electron chi connectivity index (χ1n) is 10.0. The molecular weight excluding hydrogens is 460 g/mol. The molecule has 0 aliphatic carbocycles. The maximum atomic E-state index is 13.8. The van der Waals surface area contributed by atoms with Gasteiger partial charge in [-0.15, -0.1) is 13.2 Å². The fraction of sp³-hybridized carbons (Fsp3) is 0.238. The Balaban J connectivity index is 1.50. The summed E-state index contributed by atoms with van der Waals surface area (Å²) in [4.78, 5) is 26.4. The second kappa shape index (κ2) is 9.87. The molecule has 0 spiro atoms. The lowest BCUT2D eigenvalue weighted by atomic mass is 10.2. The molecule has 0 atom stereocenters. The van der Waals surface area contributed by atoms with Crippen molar-refractivity contribution in [2.45, 2.75) is 6.36 Å². The Morgan fingerprint density at radius 2 is 1.91 bits per heavy atom. The van der Waals surface area contributed by atoms with E-state index in [1.54, 1.807) is 0 Å². The second-order valence-electron chi connectivity index (χ2n) is 7.04. The number of nitrogens with zero attached hydrogens (tertiary/aromatic N) is 4. The molecule has 0 saturated carbocycles. The lowest BCUT2D eigenvalue weighted by Gasteiger charge is -2.30. The van der Waals surface area contributed by atoms with Crippen molar-refractivity contribution in [1.29, 1.82) is 0 Å². The van der Waals surface area contributed by atoms with Gasteiger partial charge in [-0.05, 0) is 18.2 Å². The SMILES string of the molecule is O=C(Nc1cnc(F)cc1N1CCOCC1)c1ccnc(Nc2cccc(OC(F)(F)F)c2)n1. The van der Waals surface area contributed by atoms with Gasteiger partial charge >= 0.3 is 6.36 Å². The minimum atomic E-state index is -4.83. The molecule has 1 fully saturated rings. The van der Waals surface area contributed by atoms with Crippen LogP contribution in [-0.2, 0) is 4.74 Å². The van der Waals surface area contributed by atoms with Crippen molar-refractivity contribution in [3.05, 3.63) is 60.4 Å². The van der Waals surface area contributed by atoms with Gasteiger partial charge in [-0.1, -0.05) is 6.07 Å². The third-order valence-corrected chi connectivity index (χ3v) is 4.66. The third kappa shape index (κ3) is 6.07. The number of halogens is 4. The Hall–Kier alpha value is -4.00. The van der Waals surface area contributed by atoms with E-state index < -0.39 is 24.0 Å². The maximum absolute atomic E-state index is 13.8. The predicted octanol–water partition coefficient (Wildman–Crippen LogP) is 3.74. The van der Waals surface area contributed by atoms with Gasteiger partial charge in [0.2, 0.25) is 11.9 Å². The van der Waals surface area contributed by atoms with Crippen molar-refractivity contribution in [3.63, 3.8) is 0 Å². The van der Waals surface area contributed by atoms with Crippen LogP contribution in [0.3, 0.4) is 0 Å². The number of aromatic nitrogens is 3. The monoisotopic (exact) mass is 478 g/mol. The number of pyridine rings is 1. The molecule has 3 aromatic rings. The standard InChI is InChI=1S/C21H18F4N6O3/c22-18-11-17(31-6-8-33-9-7-31)16(12-27-18)29-19(32)15-4-5-26-20(30-15)28-13-2-1-3-14(10-13)34-21(23,24)25/h1-5,10-12H,6-9H2,(H,29,32)(H,26,28,30). The van der Waals surface area contributed by atoms with Gasteiger partial charge < -0.3 is 25.0 Å². The lowest BCUT2D eigenvalue weighted by molar-refractivity contribution is -0.274. The van der Waals surface area contributed by atoms with E-state index in [1.807, 2.05) is 4.90 Å². The molecule has 178 valence electrons. The quantitative estimate of drug-likeness (QED) is 0.408. The van der Waals surface area contributed by atoms with Gasteiger partial charge in [0.25, 0.3) is 5.91 Å². The largest absolute Gasteiger partial charge is 0.573 e. The van der Waals surface area contributed by atoms with Crippen LogP contribution in [0.2, 0.25) is 0 Å². The summed E-state index contributed by atoms with van der Waals surface area (Å²) in [5.41, 5.74) is 0.936. The van der Waals surface area contributed by atoms with Crippen molar-refractivity contribution in [3.8, 4) is 5.75 Å². The molecule has 2 aromatic heterocycles. The molecule has 1 amide bonds. The number of ether oxygens (including phenoxy) is 2. The molecule has 34 heavy (non-hydrogen) atoms. The van der Waals surface area contributed by atoms with E-state index in [4.69, 9.17) is 4.74 Å². The van der Waals surface area contributed by atoms with Crippen LogP contribution in [-0.4, -0.2) is 53.5 Å². The summed E-state index contributed by atoms with van der Waals surface area (Å²) in [5.74, 6) is -1.75. The molecular formula is C21H18F4N6O3. The highest BCUT2D eigenvalue weighted by atomic mass is 19.4. The number of nitrogens with one attached hydrogen (secondary N) is 2. The number of carbonyl (C=O) groups excluding carboxylic acids is 1. The summed E-state index contributed by atoms with van der Waals surface area (Å²) >= 11 is 0. The zero-order valence-corrected chi connectivity index (χ0v) is 17.5. The van der Waals surface area contributed by atoms with Crippen molar-refractivity contribution in [2.24, 2.45) is 0 Å². The second-order valence-corrected chi connectivity index (χ2v) is 7.04. The van der Waals surface area contributed by atoms with E-state index in [1.165, 1.54) is 36.7 Å².